The number of nitrogens with zero attached hydrogens (tertiary/aromatic N) is 1. The number of carbonyl (C=O) groups is 2. The molecule has 1 unspecified atom stereocenters. The van der Waals surface area contributed by atoms with E-state index in [-0.39, 0.29) is 18.5 Å². The van der Waals surface area contributed by atoms with E-state index < -0.39 is 11.9 Å². The minimum atomic E-state index is -0.853. The molecule has 1 amide bonds. The highest BCUT2D eigenvalue weighted by Gasteiger charge is 2.29. The zero-order chi connectivity index (χ0) is 14.5. The second-order valence-electron chi connectivity index (χ2n) is 5.50. The van der Waals surface area contributed by atoms with Crippen molar-refractivity contribution in [1.82, 2.24) is 4.90 Å². The highest BCUT2D eigenvalue weighted by molar-refractivity contribution is 5.94. The summed E-state index contributed by atoms with van der Waals surface area (Å²) in [6.45, 7) is 1.94. The summed E-state index contributed by atoms with van der Waals surface area (Å²) < 4.78 is 0. The molecule has 2 rings (SSSR count). The molecule has 1 N–H and O–H groups in total. The molecule has 0 saturated heterocycles. The van der Waals surface area contributed by atoms with E-state index in [2.05, 4.69) is 0 Å². The van der Waals surface area contributed by atoms with E-state index in [1.165, 1.54) is 0 Å². The molecule has 1 atom stereocenters. The molecular formula is C16H21NO3. The van der Waals surface area contributed by atoms with E-state index in [0.717, 1.165) is 25.7 Å². The van der Waals surface area contributed by atoms with Crippen LogP contribution in [0, 0.1) is 5.92 Å². The lowest BCUT2D eigenvalue weighted by molar-refractivity contribution is -0.141. The monoisotopic (exact) mass is 275 g/mol. The van der Waals surface area contributed by atoms with Gasteiger partial charge in [0, 0.05) is 18.2 Å². The van der Waals surface area contributed by atoms with Gasteiger partial charge in [0.2, 0.25) is 0 Å². The van der Waals surface area contributed by atoms with Gasteiger partial charge in [-0.25, -0.2) is 0 Å². The van der Waals surface area contributed by atoms with Crippen molar-refractivity contribution < 1.29 is 14.7 Å². The molecule has 0 bridgehead atoms. The number of carboxylic acid groups (broad SMARTS) is 1. The van der Waals surface area contributed by atoms with E-state index >= 15 is 0 Å². The quantitative estimate of drug-likeness (QED) is 0.899. The van der Waals surface area contributed by atoms with Gasteiger partial charge >= 0.3 is 5.97 Å². The van der Waals surface area contributed by atoms with Gasteiger partial charge in [0.25, 0.3) is 5.91 Å². The van der Waals surface area contributed by atoms with E-state index in [1.54, 1.807) is 24.0 Å². The third-order valence-electron chi connectivity index (χ3n) is 3.94. The number of carboxylic acids is 1. The third kappa shape index (κ3) is 3.38. The lowest BCUT2D eigenvalue weighted by Crippen LogP contribution is -2.43. The van der Waals surface area contributed by atoms with Crippen molar-refractivity contribution in [2.45, 2.75) is 38.6 Å². The molecule has 0 radical (unpaired) electrons. The molecule has 0 spiro atoms. The first-order chi connectivity index (χ1) is 9.59. The van der Waals surface area contributed by atoms with Crippen molar-refractivity contribution in [3.05, 3.63) is 35.9 Å². The van der Waals surface area contributed by atoms with Crippen molar-refractivity contribution in [2.75, 3.05) is 6.54 Å². The number of amides is 1. The van der Waals surface area contributed by atoms with Gasteiger partial charge in [0.1, 0.15) is 0 Å². The maximum atomic E-state index is 12.6. The maximum Gasteiger partial charge on any atom is 0.308 e. The lowest BCUT2D eigenvalue weighted by atomic mass is 10.1. The highest BCUT2D eigenvalue weighted by Crippen LogP contribution is 2.25. The van der Waals surface area contributed by atoms with Crippen LogP contribution in [0.3, 0.4) is 0 Å². The molecule has 4 heteroatoms. The third-order valence-corrected chi connectivity index (χ3v) is 3.94. The van der Waals surface area contributed by atoms with Gasteiger partial charge in [0.05, 0.1) is 5.92 Å². The fourth-order valence-corrected chi connectivity index (χ4v) is 2.73. The first-order valence-electron chi connectivity index (χ1n) is 7.18. The van der Waals surface area contributed by atoms with Gasteiger partial charge in [0.15, 0.2) is 0 Å². The maximum absolute atomic E-state index is 12.6. The van der Waals surface area contributed by atoms with Gasteiger partial charge < -0.3 is 10.0 Å². The van der Waals surface area contributed by atoms with E-state index in [1.807, 2.05) is 18.2 Å². The van der Waals surface area contributed by atoms with E-state index in [4.69, 9.17) is 5.11 Å². The summed E-state index contributed by atoms with van der Waals surface area (Å²) in [6.07, 6.45) is 4.19. The summed E-state index contributed by atoms with van der Waals surface area (Å²) in [4.78, 5) is 25.5. The lowest BCUT2D eigenvalue weighted by Gasteiger charge is -2.30. The molecule has 1 fully saturated rings. The summed E-state index contributed by atoms with van der Waals surface area (Å²) in [5.41, 5.74) is 0.636. The number of hydrogen-bond acceptors (Lipinski definition) is 2. The Hall–Kier alpha value is -1.84. The smallest absolute Gasteiger partial charge is 0.308 e. The van der Waals surface area contributed by atoms with Crippen LogP contribution in [0.25, 0.3) is 0 Å². The summed E-state index contributed by atoms with van der Waals surface area (Å²) in [6, 6.07) is 9.30. The molecule has 4 nitrogen and oxygen atoms in total. The van der Waals surface area contributed by atoms with Crippen molar-refractivity contribution in [3.8, 4) is 0 Å². The average Bonchev–Trinajstić information content (AvgIpc) is 2.98. The summed E-state index contributed by atoms with van der Waals surface area (Å²) in [5, 5.41) is 9.09. The topological polar surface area (TPSA) is 57.6 Å². The minimum Gasteiger partial charge on any atom is -0.481 e. The number of carbonyl (C=O) groups excluding carboxylic acids is 1. The molecule has 1 aromatic carbocycles. The number of rotatable bonds is 5. The SMILES string of the molecule is CC(CN(C(=O)c1ccccc1)C1CCCC1)C(=O)O. The normalized spacial score (nSPS) is 16.9. The Morgan fingerprint density at radius 2 is 1.85 bits per heavy atom. The molecule has 0 aliphatic heterocycles. The van der Waals surface area contributed by atoms with Gasteiger partial charge in [-0.3, -0.25) is 9.59 Å². The van der Waals surface area contributed by atoms with Crippen LogP contribution >= 0.6 is 0 Å². The van der Waals surface area contributed by atoms with Crippen LogP contribution in [-0.2, 0) is 4.79 Å². The molecule has 20 heavy (non-hydrogen) atoms. The van der Waals surface area contributed by atoms with Crippen molar-refractivity contribution in [2.24, 2.45) is 5.92 Å². The van der Waals surface area contributed by atoms with Crippen molar-refractivity contribution >= 4 is 11.9 Å². The molecule has 108 valence electrons. The second-order valence-corrected chi connectivity index (χ2v) is 5.50. The van der Waals surface area contributed by atoms with Crippen molar-refractivity contribution in [1.29, 1.82) is 0 Å². The van der Waals surface area contributed by atoms with E-state index in [0.29, 0.717) is 5.56 Å². The summed E-state index contributed by atoms with van der Waals surface area (Å²) >= 11 is 0. The molecule has 1 aliphatic carbocycles. The Balaban J connectivity index is 2.17. The number of benzene rings is 1. The fraction of sp³-hybridized carbons (Fsp3) is 0.500. The Kier molecular flexibility index (Phi) is 4.77. The van der Waals surface area contributed by atoms with Gasteiger partial charge in [-0.15, -0.1) is 0 Å². The first-order valence-corrected chi connectivity index (χ1v) is 7.18. The Bertz CT molecular complexity index is 466. The highest BCUT2D eigenvalue weighted by atomic mass is 16.4. The second kappa shape index (κ2) is 6.55. The van der Waals surface area contributed by atoms with Crippen LogP contribution < -0.4 is 0 Å². The molecule has 1 saturated carbocycles. The Morgan fingerprint density at radius 3 is 2.40 bits per heavy atom. The van der Waals surface area contributed by atoms with Crippen molar-refractivity contribution in [3.63, 3.8) is 0 Å². The van der Waals surface area contributed by atoms with Gasteiger partial charge in [-0.2, -0.15) is 0 Å². The van der Waals surface area contributed by atoms with E-state index in [9.17, 15) is 9.59 Å². The molecule has 1 aliphatic rings. The predicted octanol–water partition coefficient (Wildman–Crippen LogP) is 2.79. The molecule has 0 heterocycles. The molecule has 0 aromatic heterocycles. The minimum absolute atomic E-state index is 0.0504. The van der Waals surface area contributed by atoms with Crippen LogP contribution in [-0.4, -0.2) is 34.5 Å². The predicted molar refractivity (Wildman–Crippen MR) is 76.5 cm³/mol. The zero-order valence-corrected chi connectivity index (χ0v) is 11.8. The van der Waals surface area contributed by atoms with Crippen LogP contribution in [0.4, 0.5) is 0 Å². The molecular weight excluding hydrogens is 254 g/mol. The van der Waals surface area contributed by atoms with Gasteiger partial charge in [-0.05, 0) is 25.0 Å². The van der Waals surface area contributed by atoms with Crippen LogP contribution in [0.5, 0.6) is 0 Å². The Morgan fingerprint density at radius 1 is 1.25 bits per heavy atom. The van der Waals surface area contributed by atoms with Crippen LogP contribution in [0.1, 0.15) is 43.0 Å². The largest absolute Gasteiger partial charge is 0.481 e. The first kappa shape index (κ1) is 14.6. The zero-order valence-electron chi connectivity index (χ0n) is 11.8. The summed E-state index contributed by atoms with van der Waals surface area (Å²) in [5.74, 6) is -1.44. The number of hydrogen-bond donors (Lipinski definition) is 1. The Labute approximate surface area is 119 Å². The summed E-state index contributed by atoms with van der Waals surface area (Å²) in [7, 11) is 0. The number of aliphatic carboxylic acids is 1. The van der Waals surface area contributed by atoms with Crippen LogP contribution in [0.15, 0.2) is 30.3 Å². The average molecular weight is 275 g/mol. The molecule has 1 aromatic rings. The van der Waals surface area contributed by atoms with Gasteiger partial charge in [-0.1, -0.05) is 38.0 Å². The van der Waals surface area contributed by atoms with Crippen LogP contribution in [0.2, 0.25) is 0 Å². The fourth-order valence-electron chi connectivity index (χ4n) is 2.73. The standard InChI is InChI=1S/C16H21NO3/c1-12(16(19)20)11-17(14-9-5-6-10-14)15(18)13-7-3-2-4-8-13/h2-4,7-8,12,14H,5-6,9-11H2,1H3,(H,19,20).